The van der Waals surface area contributed by atoms with Crippen molar-refractivity contribution >= 4 is 5.82 Å². The van der Waals surface area contributed by atoms with Crippen LogP contribution in [-0.2, 0) is 19.6 Å². The molecule has 0 unspecified atom stereocenters. The molecule has 0 fully saturated rings. The largest absolute Gasteiger partial charge is 0.392 e. The first-order valence-electron chi connectivity index (χ1n) is 6.72. The second-order valence-corrected chi connectivity index (χ2v) is 4.52. The van der Waals surface area contributed by atoms with Gasteiger partial charge in [-0.2, -0.15) is 0 Å². The highest BCUT2D eigenvalue weighted by Crippen LogP contribution is 2.05. The normalized spacial score (nSPS) is 10.5. The molecule has 20 heavy (non-hydrogen) atoms. The van der Waals surface area contributed by atoms with Crippen molar-refractivity contribution in [3.8, 4) is 0 Å². The monoisotopic (exact) mass is 273 g/mol. The summed E-state index contributed by atoms with van der Waals surface area (Å²) < 4.78 is 1.62. The highest BCUT2D eigenvalue weighted by molar-refractivity contribution is 5.31. The van der Waals surface area contributed by atoms with Crippen LogP contribution in [0, 0.1) is 0 Å². The van der Waals surface area contributed by atoms with Crippen molar-refractivity contribution in [2.24, 2.45) is 0 Å². The van der Waals surface area contributed by atoms with Gasteiger partial charge in [-0.05, 0) is 24.5 Å². The highest BCUT2D eigenvalue weighted by Gasteiger charge is 2.02. The lowest BCUT2D eigenvalue weighted by atomic mass is 10.1. The maximum atomic E-state index is 11.9. The van der Waals surface area contributed by atoms with E-state index in [0.29, 0.717) is 18.9 Å². The Morgan fingerprint density at radius 2 is 1.95 bits per heavy atom. The van der Waals surface area contributed by atoms with Gasteiger partial charge in [0, 0.05) is 25.5 Å². The first-order chi connectivity index (χ1) is 9.74. The molecule has 2 N–H and O–H groups in total. The number of benzene rings is 1. The van der Waals surface area contributed by atoms with Crippen molar-refractivity contribution in [2.75, 3.05) is 11.9 Å². The molecule has 0 spiro atoms. The summed E-state index contributed by atoms with van der Waals surface area (Å²) in [6, 6.07) is 7.77. The van der Waals surface area contributed by atoms with Gasteiger partial charge in [-0.3, -0.25) is 4.79 Å². The molecule has 0 aliphatic rings. The molecule has 0 atom stereocenters. The van der Waals surface area contributed by atoms with Crippen molar-refractivity contribution in [3.63, 3.8) is 0 Å². The fraction of sp³-hybridized carbons (Fsp3) is 0.333. The van der Waals surface area contributed by atoms with Crippen LogP contribution in [0.4, 0.5) is 5.82 Å². The minimum absolute atomic E-state index is 0.0586. The summed E-state index contributed by atoms with van der Waals surface area (Å²) in [5.41, 5.74) is 1.96. The Balaban J connectivity index is 1.94. The van der Waals surface area contributed by atoms with E-state index in [9.17, 15) is 4.79 Å². The SMILES string of the molecule is CCn1ccnc(NCCc2ccc(CO)cc2)c1=O. The number of aryl methyl sites for hydroxylation is 1. The molecule has 0 saturated heterocycles. The molecule has 0 radical (unpaired) electrons. The van der Waals surface area contributed by atoms with E-state index in [1.165, 1.54) is 0 Å². The van der Waals surface area contributed by atoms with E-state index in [2.05, 4.69) is 10.3 Å². The van der Waals surface area contributed by atoms with E-state index in [0.717, 1.165) is 17.5 Å². The van der Waals surface area contributed by atoms with Crippen molar-refractivity contribution in [1.29, 1.82) is 0 Å². The lowest BCUT2D eigenvalue weighted by Crippen LogP contribution is -2.24. The summed E-state index contributed by atoms with van der Waals surface area (Å²) in [6.45, 7) is 3.27. The van der Waals surface area contributed by atoms with E-state index >= 15 is 0 Å². The molecule has 0 bridgehead atoms. The molecule has 2 aromatic rings. The van der Waals surface area contributed by atoms with E-state index in [1.54, 1.807) is 17.0 Å². The maximum absolute atomic E-state index is 11.9. The Labute approximate surface area is 117 Å². The molecular formula is C15H19N3O2. The van der Waals surface area contributed by atoms with E-state index in [-0.39, 0.29) is 12.2 Å². The number of hydrogen-bond donors (Lipinski definition) is 2. The Bertz CT molecular complexity index is 605. The van der Waals surface area contributed by atoms with Crippen molar-refractivity contribution < 1.29 is 5.11 Å². The summed E-state index contributed by atoms with van der Waals surface area (Å²) in [4.78, 5) is 16.0. The number of nitrogens with zero attached hydrogens (tertiary/aromatic N) is 2. The molecule has 106 valence electrons. The van der Waals surface area contributed by atoms with Gasteiger partial charge in [-0.25, -0.2) is 4.98 Å². The molecule has 1 heterocycles. The van der Waals surface area contributed by atoms with Crippen LogP contribution in [0.5, 0.6) is 0 Å². The molecular weight excluding hydrogens is 254 g/mol. The Kier molecular flexibility index (Phi) is 4.90. The van der Waals surface area contributed by atoms with Gasteiger partial charge in [-0.1, -0.05) is 24.3 Å². The molecule has 0 amide bonds. The number of anilines is 1. The van der Waals surface area contributed by atoms with Crippen molar-refractivity contribution in [3.05, 3.63) is 58.1 Å². The van der Waals surface area contributed by atoms with Crippen LogP contribution in [0.1, 0.15) is 18.1 Å². The lowest BCUT2D eigenvalue weighted by Gasteiger charge is -2.07. The fourth-order valence-corrected chi connectivity index (χ4v) is 1.95. The summed E-state index contributed by atoms with van der Waals surface area (Å²) >= 11 is 0. The maximum Gasteiger partial charge on any atom is 0.293 e. The van der Waals surface area contributed by atoms with Gasteiger partial charge in [0.2, 0.25) is 0 Å². The summed E-state index contributed by atoms with van der Waals surface area (Å²) in [5, 5.41) is 12.0. The van der Waals surface area contributed by atoms with Crippen LogP contribution in [0.25, 0.3) is 0 Å². The number of aliphatic hydroxyl groups excluding tert-OH is 1. The van der Waals surface area contributed by atoms with Gasteiger partial charge in [0.05, 0.1) is 6.61 Å². The molecule has 0 saturated carbocycles. The number of hydrogen-bond acceptors (Lipinski definition) is 4. The van der Waals surface area contributed by atoms with Gasteiger partial charge in [0.25, 0.3) is 5.56 Å². The molecule has 2 rings (SSSR count). The predicted octanol–water partition coefficient (Wildman–Crippen LogP) is 1.41. The Morgan fingerprint density at radius 3 is 2.60 bits per heavy atom. The minimum Gasteiger partial charge on any atom is -0.392 e. The standard InChI is InChI=1S/C15H19N3O2/c1-2-18-10-9-17-14(15(18)20)16-8-7-12-3-5-13(11-19)6-4-12/h3-6,9-10,19H,2,7-8,11H2,1H3,(H,16,17). The summed E-state index contributed by atoms with van der Waals surface area (Å²) in [7, 11) is 0. The smallest absolute Gasteiger partial charge is 0.293 e. The third-order valence-corrected chi connectivity index (χ3v) is 3.17. The fourth-order valence-electron chi connectivity index (χ4n) is 1.95. The van der Waals surface area contributed by atoms with Gasteiger partial charge in [-0.15, -0.1) is 0 Å². The summed E-state index contributed by atoms with van der Waals surface area (Å²) in [6.07, 6.45) is 4.11. The predicted molar refractivity (Wildman–Crippen MR) is 78.7 cm³/mol. The van der Waals surface area contributed by atoms with E-state index in [1.807, 2.05) is 31.2 Å². The zero-order chi connectivity index (χ0) is 14.4. The Hall–Kier alpha value is -2.14. The van der Waals surface area contributed by atoms with Crippen LogP contribution in [-0.4, -0.2) is 21.2 Å². The quantitative estimate of drug-likeness (QED) is 0.835. The van der Waals surface area contributed by atoms with Crippen LogP contribution in [0.3, 0.4) is 0 Å². The van der Waals surface area contributed by atoms with Crippen molar-refractivity contribution in [1.82, 2.24) is 9.55 Å². The topological polar surface area (TPSA) is 67.2 Å². The molecule has 5 heteroatoms. The van der Waals surface area contributed by atoms with E-state index < -0.39 is 0 Å². The number of rotatable bonds is 6. The van der Waals surface area contributed by atoms with Gasteiger partial charge < -0.3 is 15.0 Å². The molecule has 0 aliphatic heterocycles. The first-order valence-corrected chi connectivity index (χ1v) is 6.72. The third-order valence-electron chi connectivity index (χ3n) is 3.17. The first kappa shape index (κ1) is 14.3. The molecule has 1 aromatic heterocycles. The van der Waals surface area contributed by atoms with E-state index in [4.69, 9.17) is 5.11 Å². The average Bonchev–Trinajstić information content (AvgIpc) is 2.49. The lowest BCUT2D eigenvalue weighted by molar-refractivity contribution is 0.282. The van der Waals surface area contributed by atoms with Crippen LogP contribution < -0.4 is 10.9 Å². The van der Waals surface area contributed by atoms with Gasteiger partial charge in [0.1, 0.15) is 0 Å². The third kappa shape index (κ3) is 3.45. The molecule has 0 aliphatic carbocycles. The van der Waals surface area contributed by atoms with Crippen LogP contribution >= 0.6 is 0 Å². The van der Waals surface area contributed by atoms with Crippen LogP contribution in [0.2, 0.25) is 0 Å². The molecule has 1 aromatic carbocycles. The molecule has 5 nitrogen and oxygen atoms in total. The van der Waals surface area contributed by atoms with Gasteiger partial charge in [0.15, 0.2) is 5.82 Å². The Morgan fingerprint density at radius 1 is 1.25 bits per heavy atom. The number of nitrogens with one attached hydrogen (secondary N) is 1. The number of aliphatic hydroxyl groups is 1. The highest BCUT2D eigenvalue weighted by atomic mass is 16.3. The second-order valence-electron chi connectivity index (χ2n) is 4.52. The minimum atomic E-state index is -0.0920. The second kappa shape index (κ2) is 6.86. The van der Waals surface area contributed by atoms with Gasteiger partial charge >= 0.3 is 0 Å². The summed E-state index contributed by atoms with van der Waals surface area (Å²) in [5.74, 6) is 0.390. The van der Waals surface area contributed by atoms with Crippen molar-refractivity contribution in [2.45, 2.75) is 26.5 Å². The van der Waals surface area contributed by atoms with Crippen LogP contribution in [0.15, 0.2) is 41.5 Å². The zero-order valence-electron chi connectivity index (χ0n) is 11.5. The number of aromatic nitrogens is 2. The average molecular weight is 273 g/mol. The zero-order valence-corrected chi connectivity index (χ0v) is 11.5.